The minimum atomic E-state index is -3.08. The topological polar surface area (TPSA) is 66.5 Å². The van der Waals surface area contributed by atoms with Crippen molar-refractivity contribution in [3.05, 3.63) is 35.9 Å². The fourth-order valence-electron chi connectivity index (χ4n) is 4.60. The van der Waals surface area contributed by atoms with Gasteiger partial charge in [0, 0.05) is 37.5 Å². The fourth-order valence-corrected chi connectivity index (χ4v) is 6.74. The number of carbonyl (C=O) groups excluding carboxylic acids is 1. The van der Waals surface area contributed by atoms with Crippen molar-refractivity contribution in [2.75, 3.05) is 25.4 Å². The quantitative estimate of drug-likeness (QED) is 0.848. The number of benzene rings is 1. The van der Waals surface area contributed by atoms with Gasteiger partial charge in [-0.2, -0.15) is 0 Å². The van der Waals surface area contributed by atoms with E-state index in [2.05, 4.69) is 22.3 Å². The first kappa shape index (κ1) is 18.0. The Labute approximate surface area is 156 Å². The molecule has 5 nitrogen and oxygen atoms in total. The second kappa shape index (κ2) is 7.31. The number of nitrogens with zero attached hydrogens (tertiary/aromatic N) is 1. The maximum atomic E-state index is 12.7. The lowest BCUT2D eigenvalue weighted by Crippen LogP contribution is -2.50. The molecule has 0 radical (unpaired) electrons. The van der Waals surface area contributed by atoms with Crippen LogP contribution in [0.25, 0.3) is 0 Å². The molecule has 2 saturated heterocycles. The van der Waals surface area contributed by atoms with Crippen LogP contribution >= 0.6 is 0 Å². The van der Waals surface area contributed by atoms with E-state index in [-0.39, 0.29) is 28.7 Å². The van der Waals surface area contributed by atoms with E-state index in [4.69, 9.17) is 0 Å². The van der Waals surface area contributed by atoms with Crippen molar-refractivity contribution >= 4 is 15.7 Å². The summed E-state index contributed by atoms with van der Waals surface area (Å²) >= 11 is 0. The van der Waals surface area contributed by atoms with E-state index in [9.17, 15) is 13.2 Å². The number of fused-ring (bicyclic) bond motifs is 1. The number of rotatable bonds is 5. The highest BCUT2D eigenvalue weighted by molar-refractivity contribution is 7.92. The molecule has 6 heteroatoms. The van der Waals surface area contributed by atoms with Crippen LogP contribution in [0.2, 0.25) is 0 Å². The van der Waals surface area contributed by atoms with Gasteiger partial charge in [-0.25, -0.2) is 8.42 Å². The molecule has 1 aromatic carbocycles. The minimum Gasteiger partial charge on any atom is -0.353 e. The predicted molar refractivity (Wildman–Crippen MR) is 102 cm³/mol. The molecule has 1 amide bonds. The van der Waals surface area contributed by atoms with E-state index in [0.717, 1.165) is 32.4 Å². The lowest BCUT2D eigenvalue weighted by Gasteiger charge is -2.34. The number of hydrogen-bond donors (Lipinski definition) is 1. The molecule has 26 heavy (non-hydrogen) atoms. The molecule has 2 heterocycles. The molecule has 3 atom stereocenters. The van der Waals surface area contributed by atoms with Crippen LogP contribution in [0.3, 0.4) is 0 Å². The molecule has 4 rings (SSSR count). The summed E-state index contributed by atoms with van der Waals surface area (Å²) in [5.41, 5.74) is 1.27. The molecule has 1 aliphatic carbocycles. The van der Waals surface area contributed by atoms with Crippen molar-refractivity contribution < 1.29 is 13.2 Å². The van der Waals surface area contributed by atoms with Gasteiger partial charge in [-0.15, -0.1) is 0 Å². The summed E-state index contributed by atoms with van der Waals surface area (Å²) in [5, 5.41) is 2.78. The zero-order chi connectivity index (χ0) is 18.1. The van der Waals surface area contributed by atoms with Crippen LogP contribution in [0.4, 0.5) is 0 Å². The molecule has 142 valence electrons. The lowest BCUT2D eigenvalue weighted by molar-refractivity contribution is -0.128. The van der Waals surface area contributed by atoms with Crippen LogP contribution in [0.1, 0.15) is 31.2 Å². The molecule has 1 N–H and O–H groups in total. The summed E-state index contributed by atoms with van der Waals surface area (Å²) < 4.78 is 25.2. The van der Waals surface area contributed by atoms with Crippen molar-refractivity contribution in [1.29, 1.82) is 0 Å². The van der Waals surface area contributed by atoms with E-state index < -0.39 is 9.84 Å². The number of nitrogens with one attached hydrogen (secondary N) is 1. The van der Waals surface area contributed by atoms with Crippen LogP contribution < -0.4 is 5.32 Å². The van der Waals surface area contributed by atoms with Gasteiger partial charge in [0.2, 0.25) is 5.91 Å². The first-order valence-electron chi connectivity index (χ1n) is 9.81. The van der Waals surface area contributed by atoms with Crippen LogP contribution in [0.15, 0.2) is 30.3 Å². The Morgan fingerprint density at radius 3 is 2.58 bits per heavy atom. The SMILES string of the molecule is O=C(NC1CCC1)[C@@H]1CCS(=O)(=O)[C@H]2CN(CCc3ccccc3)C[C@@H]12. The second-order valence-corrected chi connectivity index (χ2v) is 10.4. The molecule has 3 fully saturated rings. The Bertz CT molecular complexity index is 746. The molecule has 1 aromatic rings. The van der Waals surface area contributed by atoms with Gasteiger partial charge < -0.3 is 10.2 Å². The fraction of sp³-hybridized carbons (Fsp3) is 0.650. The Balaban J connectivity index is 1.42. The Morgan fingerprint density at radius 1 is 1.12 bits per heavy atom. The summed E-state index contributed by atoms with van der Waals surface area (Å²) in [4.78, 5) is 15.0. The van der Waals surface area contributed by atoms with Gasteiger partial charge in [-0.3, -0.25) is 4.79 Å². The van der Waals surface area contributed by atoms with E-state index in [1.54, 1.807) is 0 Å². The molecule has 0 unspecified atom stereocenters. The first-order chi connectivity index (χ1) is 12.5. The summed E-state index contributed by atoms with van der Waals surface area (Å²) in [6, 6.07) is 10.6. The van der Waals surface area contributed by atoms with E-state index in [0.29, 0.717) is 19.0 Å². The lowest BCUT2D eigenvalue weighted by atomic mass is 9.86. The van der Waals surface area contributed by atoms with Crippen LogP contribution in [0.5, 0.6) is 0 Å². The zero-order valence-corrected chi connectivity index (χ0v) is 16.0. The van der Waals surface area contributed by atoms with Crippen molar-refractivity contribution in [3.63, 3.8) is 0 Å². The number of carbonyl (C=O) groups is 1. The highest BCUT2D eigenvalue weighted by atomic mass is 32.2. The normalized spacial score (nSPS) is 31.2. The first-order valence-corrected chi connectivity index (χ1v) is 11.5. The summed E-state index contributed by atoms with van der Waals surface area (Å²) in [6.45, 7) is 2.15. The van der Waals surface area contributed by atoms with Crippen LogP contribution in [-0.2, 0) is 21.1 Å². The summed E-state index contributed by atoms with van der Waals surface area (Å²) in [5.74, 6) is 0.0450. The van der Waals surface area contributed by atoms with Gasteiger partial charge >= 0.3 is 0 Å². The molecular weight excluding hydrogens is 348 g/mol. The molecule has 0 spiro atoms. The molecular formula is C20H28N2O3S. The molecule has 2 aliphatic heterocycles. The highest BCUT2D eigenvalue weighted by Crippen LogP contribution is 2.37. The Hall–Kier alpha value is -1.40. The second-order valence-electron chi connectivity index (χ2n) is 8.10. The standard InChI is InChI=1S/C20H28N2O3S/c23-20(21-16-7-4-8-16)17-10-12-26(24,25)19-14-22(13-18(17)19)11-9-15-5-2-1-3-6-15/h1-3,5-6,16-19H,4,7-14H2,(H,21,23)/t17-,18+,19+/m1/s1. The Kier molecular flexibility index (Phi) is 5.06. The molecule has 0 aromatic heterocycles. The van der Waals surface area contributed by atoms with Gasteiger partial charge in [0.05, 0.1) is 11.0 Å². The van der Waals surface area contributed by atoms with Crippen molar-refractivity contribution in [2.45, 2.75) is 43.4 Å². The third-order valence-electron chi connectivity index (χ3n) is 6.42. The molecule has 3 aliphatic rings. The highest BCUT2D eigenvalue weighted by Gasteiger charge is 2.50. The predicted octanol–water partition coefficient (Wildman–Crippen LogP) is 1.63. The number of likely N-dealkylation sites (tertiary alicyclic amines) is 1. The average molecular weight is 377 g/mol. The smallest absolute Gasteiger partial charge is 0.223 e. The maximum Gasteiger partial charge on any atom is 0.223 e. The summed E-state index contributed by atoms with van der Waals surface area (Å²) in [6.07, 6.45) is 4.71. The zero-order valence-electron chi connectivity index (χ0n) is 15.1. The van der Waals surface area contributed by atoms with Crippen molar-refractivity contribution in [1.82, 2.24) is 10.2 Å². The van der Waals surface area contributed by atoms with Gasteiger partial charge in [-0.1, -0.05) is 30.3 Å². The Morgan fingerprint density at radius 2 is 1.88 bits per heavy atom. The van der Waals surface area contributed by atoms with Gasteiger partial charge in [-0.05, 0) is 37.7 Å². The van der Waals surface area contributed by atoms with Gasteiger partial charge in [0.15, 0.2) is 9.84 Å². The molecule has 1 saturated carbocycles. The number of sulfone groups is 1. The number of hydrogen-bond acceptors (Lipinski definition) is 4. The van der Waals surface area contributed by atoms with Crippen molar-refractivity contribution in [3.8, 4) is 0 Å². The van der Waals surface area contributed by atoms with E-state index in [1.165, 1.54) is 12.0 Å². The third-order valence-corrected chi connectivity index (χ3v) is 8.65. The minimum absolute atomic E-state index is 0.0513. The summed E-state index contributed by atoms with van der Waals surface area (Å²) in [7, 11) is -3.08. The monoisotopic (exact) mass is 376 g/mol. The van der Waals surface area contributed by atoms with E-state index >= 15 is 0 Å². The van der Waals surface area contributed by atoms with E-state index in [1.807, 2.05) is 18.2 Å². The maximum absolute atomic E-state index is 12.7. The molecule has 0 bridgehead atoms. The largest absolute Gasteiger partial charge is 0.353 e. The van der Waals surface area contributed by atoms with Crippen molar-refractivity contribution in [2.24, 2.45) is 11.8 Å². The van der Waals surface area contributed by atoms with Gasteiger partial charge in [0.1, 0.15) is 0 Å². The third kappa shape index (κ3) is 3.67. The average Bonchev–Trinajstić information content (AvgIpc) is 3.03. The number of amides is 1. The van der Waals surface area contributed by atoms with Crippen LogP contribution in [-0.4, -0.2) is 55.9 Å². The van der Waals surface area contributed by atoms with Crippen LogP contribution in [0, 0.1) is 11.8 Å². The van der Waals surface area contributed by atoms with Gasteiger partial charge in [0.25, 0.3) is 0 Å².